The van der Waals surface area contributed by atoms with E-state index in [9.17, 15) is 0 Å². The van der Waals surface area contributed by atoms with E-state index in [0.717, 1.165) is 20.9 Å². The van der Waals surface area contributed by atoms with E-state index < -0.39 is 0 Å². The smallest absolute Gasteiger partial charge is 0.141 e. The van der Waals surface area contributed by atoms with Crippen LogP contribution in [0.1, 0.15) is 16.7 Å². The Bertz CT molecular complexity index is 469. The van der Waals surface area contributed by atoms with E-state index in [1.807, 2.05) is 17.5 Å². The number of furan rings is 1. The van der Waals surface area contributed by atoms with Gasteiger partial charge in [0, 0.05) is 10.3 Å². The normalized spacial score (nSPS) is 12.7. The molecule has 86 valence electrons. The van der Waals surface area contributed by atoms with Crippen molar-refractivity contribution in [1.29, 1.82) is 0 Å². The minimum absolute atomic E-state index is 0.168. The fourth-order valence-corrected chi connectivity index (χ4v) is 2.73. The summed E-state index contributed by atoms with van der Waals surface area (Å²) in [6.45, 7) is 0. The van der Waals surface area contributed by atoms with Crippen LogP contribution in [0.4, 0.5) is 0 Å². The Kier molecular flexibility index (Phi) is 3.65. The van der Waals surface area contributed by atoms with E-state index in [4.69, 9.17) is 15.0 Å². The summed E-state index contributed by atoms with van der Waals surface area (Å²) in [7, 11) is 1.64. The standard InChI is InChI=1S/C10H11BrN2O2S/c1-14-6-4-8(16-5-6)9(13-12)10-7(11)2-3-15-10/h2-5,9,13H,12H2,1H3. The highest BCUT2D eigenvalue weighted by Gasteiger charge is 2.20. The lowest BCUT2D eigenvalue weighted by Crippen LogP contribution is -2.28. The van der Waals surface area contributed by atoms with Gasteiger partial charge in [-0.2, -0.15) is 0 Å². The molecule has 16 heavy (non-hydrogen) atoms. The summed E-state index contributed by atoms with van der Waals surface area (Å²) in [6.07, 6.45) is 1.62. The highest BCUT2D eigenvalue weighted by atomic mass is 79.9. The van der Waals surface area contributed by atoms with E-state index in [1.165, 1.54) is 0 Å². The van der Waals surface area contributed by atoms with Gasteiger partial charge in [-0.15, -0.1) is 11.3 Å². The van der Waals surface area contributed by atoms with Gasteiger partial charge in [-0.3, -0.25) is 5.84 Å². The van der Waals surface area contributed by atoms with Crippen molar-refractivity contribution in [3.05, 3.63) is 38.9 Å². The zero-order valence-corrected chi connectivity index (χ0v) is 11.0. The van der Waals surface area contributed by atoms with Crippen LogP contribution in [0.3, 0.4) is 0 Å². The van der Waals surface area contributed by atoms with E-state index in [1.54, 1.807) is 24.7 Å². The van der Waals surface area contributed by atoms with Crippen molar-refractivity contribution in [3.63, 3.8) is 0 Å². The van der Waals surface area contributed by atoms with Crippen LogP contribution in [-0.2, 0) is 0 Å². The number of nitrogens with two attached hydrogens (primary N) is 1. The van der Waals surface area contributed by atoms with Gasteiger partial charge in [0.1, 0.15) is 17.6 Å². The second-order valence-electron chi connectivity index (χ2n) is 3.12. The van der Waals surface area contributed by atoms with Crippen molar-refractivity contribution in [1.82, 2.24) is 5.43 Å². The van der Waals surface area contributed by atoms with E-state index in [-0.39, 0.29) is 6.04 Å². The first-order valence-corrected chi connectivity index (χ1v) is 6.25. The molecule has 6 heteroatoms. The third-order valence-corrected chi connectivity index (χ3v) is 3.82. The second-order valence-corrected chi connectivity index (χ2v) is 4.92. The fraction of sp³-hybridized carbons (Fsp3) is 0.200. The van der Waals surface area contributed by atoms with Crippen molar-refractivity contribution in [2.24, 2.45) is 5.84 Å². The lowest BCUT2D eigenvalue weighted by Gasteiger charge is -2.11. The number of thiophene rings is 1. The van der Waals surface area contributed by atoms with Crippen molar-refractivity contribution in [2.45, 2.75) is 6.04 Å². The van der Waals surface area contributed by atoms with Gasteiger partial charge in [0.2, 0.25) is 0 Å². The molecule has 0 bridgehead atoms. The minimum Gasteiger partial charge on any atom is -0.496 e. The Labute approximate surface area is 105 Å². The van der Waals surface area contributed by atoms with Gasteiger partial charge in [0.15, 0.2) is 0 Å². The lowest BCUT2D eigenvalue weighted by atomic mass is 10.2. The van der Waals surface area contributed by atoms with Crippen LogP contribution < -0.4 is 16.0 Å². The van der Waals surface area contributed by atoms with E-state index >= 15 is 0 Å². The van der Waals surface area contributed by atoms with Crippen molar-refractivity contribution in [2.75, 3.05) is 7.11 Å². The summed E-state index contributed by atoms with van der Waals surface area (Å²) >= 11 is 4.98. The monoisotopic (exact) mass is 302 g/mol. The lowest BCUT2D eigenvalue weighted by molar-refractivity contribution is 0.415. The van der Waals surface area contributed by atoms with Gasteiger partial charge >= 0.3 is 0 Å². The number of hydrogen-bond acceptors (Lipinski definition) is 5. The van der Waals surface area contributed by atoms with Crippen LogP contribution in [-0.4, -0.2) is 7.11 Å². The molecule has 0 radical (unpaired) electrons. The molecule has 0 saturated carbocycles. The summed E-state index contributed by atoms with van der Waals surface area (Å²) in [4.78, 5) is 1.04. The van der Waals surface area contributed by atoms with Gasteiger partial charge in [-0.05, 0) is 28.1 Å². The number of hydrogen-bond donors (Lipinski definition) is 2. The topological polar surface area (TPSA) is 60.4 Å². The number of hydrazine groups is 1. The summed E-state index contributed by atoms with van der Waals surface area (Å²) in [5, 5.41) is 1.93. The molecule has 0 aliphatic heterocycles. The molecule has 2 aromatic heterocycles. The maximum atomic E-state index is 5.55. The number of ether oxygens (including phenoxy) is 1. The molecule has 0 saturated heterocycles. The summed E-state index contributed by atoms with van der Waals surface area (Å²) < 4.78 is 11.4. The molecule has 2 aromatic rings. The summed E-state index contributed by atoms with van der Waals surface area (Å²) in [5.41, 5.74) is 2.73. The molecule has 1 unspecified atom stereocenters. The number of methoxy groups -OCH3 is 1. The zero-order chi connectivity index (χ0) is 11.5. The predicted octanol–water partition coefficient (Wildman–Crippen LogP) is 2.66. The van der Waals surface area contributed by atoms with Gasteiger partial charge in [-0.25, -0.2) is 5.43 Å². The second kappa shape index (κ2) is 5.01. The third-order valence-electron chi connectivity index (χ3n) is 2.19. The molecule has 0 amide bonds. The maximum absolute atomic E-state index is 5.55. The number of halogens is 1. The van der Waals surface area contributed by atoms with E-state index in [2.05, 4.69) is 21.4 Å². The molecular formula is C10H11BrN2O2S. The van der Waals surface area contributed by atoms with Gasteiger partial charge in [0.05, 0.1) is 17.8 Å². The summed E-state index contributed by atoms with van der Waals surface area (Å²) in [5.74, 6) is 7.13. The van der Waals surface area contributed by atoms with Crippen LogP contribution in [0.5, 0.6) is 5.75 Å². The highest BCUT2D eigenvalue weighted by Crippen LogP contribution is 2.34. The Morgan fingerprint density at radius 1 is 1.62 bits per heavy atom. The first-order chi connectivity index (χ1) is 7.76. The predicted molar refractivity (Wildman–Crippen MR) is 66.4 cm³/mol. The molecule has 3 N–H and O–H groups in total. The average molecular weight is 303 g/mol. The molecule has 0 spiro atoms. The fourth-order valence-electron chi connectivity index (χ4n) is 1.39. The Morgan fingerprint density at radius 3 is 2.94 bits per heavy atom. The van der Waals surface area contributed by atoms with Crippen molar-refractivity contribution in [3.8, 4) is 5.75 Å². The summed E-state index contributed by atoms with van der Waals surface area (Å²) in [6, 6.07) is 3.60. The van der Waals surface area contributed by atoms with E-state index in [0.29, 0.717) is 0 Å². The Balaban J connectivity index is 2.32. The van der Waals surface area contributed by atoms with Gasteiger partial charge in [-0.1, -0.05) is 0 Å². The molecule has 0 aliphatic rings. The van der Waals surface area contributed by atoms with Crippen LogP contribution >= 0.6 is 27.3 Å². The first kappa shape index (κ1) is 11.7. The molecule has 0 aromatic carbocycles. The molecule has 2 rings (SSSR count). The molecule has 4 nitrogen and oxygen atoms in total. The molecule has 0 fully saturated rings. The van der Waals surface area contributed by atoms with Crippen LogP contribution in [0.15, 0.2) is 32.7 Å². The zero-order valence-electron chi connectivity index (χ0n) is 8.57. The SMILES string of the molecule is COc1csc(C(NN)c2occc2Br)c1. The Morgan fingerprint density at radius 2 is 2.44 bits per heavy atom. The highest BCUT2D eigenvalue weighted by molar-refractivity contribution is 9.10. The molecular weight excluding hydrogens is 292 g/mol. The average Bonchev–Trinajstić information content (AvgIpc) is 2.90. The molecule has 0 aliphatic carbocycles. The number of nitrogens with one attached hydrogen (secondary N) is 1. The molecule has 2 heterocycles. The Hall–Kier alpha value is -0.820. The number of rotatable bonds is 4. The maximum Gasteiger partial charge on any atom is 0.141 e. The van der Waals surface area contributed by atoms with Gasteiger partial charge < -0.3 is 9.15 Å². The van der Waals surface area contributed by atoms with Crippen molar-refractivity contribution >= 4 is 27.3 Å². The first-order valence-electron chi connectivity index (χ1n) is 4.57. The largest absolute Gasteiger partial charge is 0.496 e. The third kappa shape index (κ3) is 2.15. The minimum atomic E-state index is -0.168. The van der Waals surface area contributed by atoms with Gasteiger partial charge in [0.25, 0.3) is 0 Å². The van der Waals surface area contributed by atoms with Crippen LogP contribution in [0, 0.1) is 0 Å². The molecule has 1 atom stereocenters. The van der Waals surface area contributed by atoms with Crippen LogP contribution in [0.2, 0.25) is 0 Å². The van der Waals surface area contributed by atoms with Crippen LogP contribution in [0.25, 0.3) is 0 Å². The quantitative estimate of drug-likeness (QED) is 0.673. The van der Waals surface area contributed by atoms with Crippen molar-refractivity contribution < 1.29 is 9.15 Å².